The summed E-state index contributed by atoms with van der Waals surface area (Å²) in [5.41, 5.74) is -0.0485. The molecule has 0 aliphatic carbocycles. The molecule has 0 aliphatic rings. The molecule has 0 radical (unpaired) electrons. The molecule has 10 nitrogen and oxygen atoms in total. The SMILES string of the molecule is COc1cc(NC(=O)c2cc(Cl)ccc2NS(=O)(=O)c2ccc(Oc3ccccc3Cl)cc2)nc(OC)n1. The Hall–Kier alpha value is -4.06. The molecule has 196 valence electrons. The van der Waals surface area contributed by atoms with E-state index in [9.17, 15) is 13.2 Å². The minimum Gasteiger partial charge on any atom is -0.481 e. The van der Waals surface area contributed by atoms with Crippen LogP contribution in [-0.4, -0.2) is 38.5 Å². The molecule has 1 amide bonds. The average Bonchev–Trinajstić information content (AvgIpc) is 2.91. The summed E-state index contributed by atoms with van der Waals surface area (Å²) in [6, 6.07) is 18.1. The summed E-state index contributed by atoms with van der Waals surface area (Å²) < 4.78 is 44.5. The van der Waals surface area contributed by atoms with E-state index in [-0.39, 0.29) is 38.9 Å². The Morgan fingerprint density at radius 2 is 1.63 bits per heavy atom. The molecule has 0 saturated carbocycles. The number of halogens is 2. The van der Waals surface area contributed by atoms with Gasteiger partial charge in [-0.1, -0.05) is 35.3 Å². The number of nitrogens with zero attached hydrogens (tertiary/aromatic N) is 2. The highest BCUT2D eigenvalue weighted by atomic mass is 35.5. The molecule has 0 atom stereocenters. The van der Waals surface area contributed by atoms with E-state index in [1.54, 1.807) is 24.3 Å². The number of benzene rings is 3. The van der Waals surface area contributed by atoms with Crippen LogP contribution in [-0.2, 0) is 10.0 Å². The van der Waals surface area contributed by atoms with Crippen molar-refractivity contribution in [2.75, 3.05) is 24.3 Å². The smallest absolute Gasteiger partial charge is 0.321 e. The molecular weight excluding hydrogens is 555 g/mol. The molecule has 38 heavy (non-hydrogen) atoms. The van der Waals surface area contributed by atoms with Gasteiger partial charge in [0.1, 0.15) is 17.3 Å². The molecule has 1 aromatic heterocycles. The molecule has 0 fully saturated rings. The zero-order chi connectivity index (χ0) is 27.3. The lowest BCUT2D eigenvalue weighted by atomic mass is 10.1. The normalized spacial score (nSPS) is 10.9. The van der Waals surface area contributed by atoms with Gasteiger partial charge in [0.25, 0.3) is 15.9 Å². The van der Waals surface area contributed by atoms with E-state index >= 15 is 0 Å². The summed E-state index contributed by atoms with van der Waals surface area (Å²) in [5.74, 6) is 0.358. The number of para-hydroxylation sites is 1. The Labute approximate surface area is 228 Å². The second kappa shape index (κ2) is 11.5. The second-order valence-electron chi connectivity index (χ2n) is 7.54. The Kier molecular flexibility index (Phi) is 8.20. The Morgan fingerprint density at radius 3 is 2.32 bits per heavy atom. The number of ether oxygens (including phenoxy) is 3. The van der Waals surface area contributed by atoms with Crippen molar-refractivity contribution in [3.05, 3.63) is 88.4 Å². The van der Waals surface area contributed by atoms with Crippen LogP contribution < -0.4 is 24.2 Å². The van der Waals surface area contributed by atoms with Crippen molar-refractivity contribution in [2.24, 2.45) is 0 Å². The number of amides is 1. The van der Waals surface area contributed by atoms with E-state index in [1.807, 2.05) is 0 Å². The first kappa shape index (κ1) is 27.0. The number of sulfonamides is 1. The molecule has 1 heterocycles. The number of nitrogens with one attached hydrogen (secondary N) is 2. The zero-order valence-electron chi connectivity index (χ0n) is 19.9. The van der Waals surface area contributed by atoms with Crippen LogP contribution in [0.1, 0.15) is 10.4 Å². The third kappa shape index (κ3) is 6.43. The van der Waals surface area contributed by atoms with Gasteiger partial charge in [0, 0.05) is 11.1 Å². The van der Waals surface area contributed by atoms with Crippen LogP contribution >= 0.6 is 23.2 Å². The van der Waals surface area contributed by atoms with Crippen molar-refractivity contribution in [1.82, 2.24) is 9.97 Å². The van der Waals surface area contributed by atoms with E-state index in [0.29, 0.717) is 16.5 Å². The summed E-state index contributed by atoms with van der Waals surface area (Å²) in [6.45, 7) is 0. The van der Waals surface area contributed by atoms with Crippen LogP contribution in [0.15, 0.2) is 77.7 Å². The number of hydrogen-bond donors (Lipinski definition) is 2. The highest BCUT2D eigenvalue weighted by Crippen LogP contribution is 2.30. The lowest BCUT2D eigenvalue weighted by Crippen LogP contribution is -2.19. The Bertz CT molecular complexity index is 1560. The van der Waals surface area contributed by atoms with Gasteiger partial charge < -0.3 is 19.5 Å². The maximum absolute atomic E-state index is 13.1. The topological polar surface area (TPSA) is 129 Å². The summed E-state index contributed by atoms with van der Waals surface area (Å²) in [5, 5.41) is 3.20. The quantitative estimate of drug-likeness (QED) is 0.262. The summed E-state index contributed by atoms with van der Waals surface area (Å²) in [4.78, 5) is 21.0. The molecular formula is C25H20Cl2N4O6S. The molecule has 0 unspecified atom stereocenters. The lowest BCUT2D eigenvalue weighted by molar-refractivity contribution is 0.102. The second-order valence-corrected chi connectivity index (χ2v) is 10.1. The molecule has 2 N–H and O–H groups in total. The van der Waals surface area contributed by atoms with Gasteiger partial charge >= 0.3 is 6.01 Å². The number of aromatic nitrogens is 2. The summed E-state index contributed by atoms with van der Waals surface area (Å²) in [7, 11) is -1.34. The highest BCUT2D eigenvalue weighted by Gasteiger charge is 2.21. The maximum atomic E-state index is 13.1. The first-order valence-electron chi connectivity index (χ1n) is 10.8. The van der Waals surface area contributed by atoms with Crippen LogP contribution in [0.25, 0.3) is 0 Å². The van der Waals surface area contributed by atoms with Crippen molar-refractivity contribution in [3.63, 3.8) is 0 Å². The molecule has 13 heteroatoms. The van der Waals surface area contributed by atoms with Crippen molar-refractivity contribution in [1.29, 1.82) is 0 Å². The van der Waals surface area contributed by atoms with Crippen LogP contribution in [0, 0.1) is 0 Å². The van der Waals surface area contributed by atoms with E-state index in [4.69, 9.17) is 37.4 Å². The van der Waals surface area contributed by atoms with Crippen LogP contribution in [0.3, 0.4) is 0 Å². The summed E-state index contributed by atoms with van der Waals surface area (Å²) in [6.07, 6.45) is 0. The first-order chi connectivity index (χ1) is 18.2. The molecule has 4 aromatic rings. The van der Waals surface area contributed by atoms with Gasteiger partial charge in [-0.15, -0.1) is 0 Å². The lowest BCUT2D eigenvalue weighted by Gasteiger charge is -2.14. The minimum absolute atomic E-state index is 0.00344. The molecule has 0 aliphatic heterocycles. The van der Waals surface area contributed by atoms with Gasteiger partial charge in [-0.3, -0.25) is 9.52 Å². The van der Waals surface area contributed by atoms with Crippen LogP contribution in [0.5, 0.6) is 23.4 Å². The average molecular weight is 575 g/mol. The number of carbonyl (C=O) groups is 1. The third-order valence-electron chi connectivity index (χ3n) is 4.98. The number of rotatable bonds is 9. The molecule has 0 bridgehead atoms. The van der Waals surface area contributed by atoms with Gasteiger partial charge in [0.15, 0.2) is 0 Å². The van der Waals surface area contributed by atoms with Gasteiger partial charge in [-0.25, -0.2) is 8.42 Å². The van der Waals surface area contributed by atoms with E-state index in [0.717, 1.165) is 0 Å². The fourth-order valence-corrected chi connectivity index (χ4v) is 4.61. The molecule has 0 spiro atoms. The number of methoxy groups -OCH3 is 2. The number of hydrogen-bond acceptors (Lipinski definition) is 8. The third-order valence-corrected chi connectivity index (χ3v) is 6.91. The molecule has 3 aromatic carbocycles. The standard InChI is InChI=1S/C25H20Cl2N4O6S/c1-35-23-14-22(29-25(30-23)36-2)28-24(32)18-13-15(26)7-12-20(18)31-38(33,34)17-10-8-16(9-11-17)37-21-6-4-3-5-19(21)27/h3-14,31H,1-2H3,(H,28,29,30,32). The van der Waals surface area contributed by atoms with Crippen molar-refractivity contribution in [2.45, 2.75) is 4.90 Å². The largest absolute Gasteiger partial charge is 0.481 e. The molecule has 4 rings (SSSR count). The minimum atomic E-state index is -4.09. The Balaban J connectivity index is 1.56. The maximum Gasteiger partial charge on any atom is 0.321 e. The van der Waals surface area contributed by atoms with E-state index < -0.39 is 15.9 Å². The fraction of sp³-hybridized carbons (Fsp3) is 0.0800. The van der Waals surface area contributed by atoms with Crippen LogP contribution in [0.4, 0.5) is 11.5 Å². The molecule has 0 saturated heterocycles. The van der Waals surface area contributed by atoms with E-state index in [1.165, 1.54) is 62.8 Å². The van der Waals surface area contributed by atoms with Crippen molar-refractivity contribution < 1.29 is 27.4 Å². The number of carbonyl (C=O) groups excluding carboxylic acids is 1. The predicted octanol–water partition coefficient (Wildman–Crippen LogP) is 5.65. The summed E-state index contributed by atoms with van der Waals surface area (Å²) >= 11 is 12.2. The van der Waals surface area contributed by atoms with Gasteiger partial charge in [-0.2, -0.15) is 9.97 Å². The Morgan fingerprint density at radius 1 is 0.895 bits per heavy atom. The van der Waals surface area contributed by atoms with E-state index in [2.05, 4.69) is 20.0 Å². The monoisotopic (exact) mass is 574 g/mol. The first-order valence-corrected chi connectivity index (χ1v) is 13.1. The highest BCUT2D eigenvalue weighted by molar-refractivity contribution is 7.92. The zero-order valence-corrected chi connectivity index (χ0v) is 22.3. The fourth-order valence-electron chi connectivity index (χ4n) is 3.19. The van der Waals surface area contributed by atoms with Gasteiger partial charge in [0.05, 0.1) is 35.4 Å². The van der Waals surface area contributed by atoms with Gasteiger partial charge in [0.2, 0.25) is 5.88 Å². The number of anilines is 2. The van der Waals surface area contributed by atoms with Gasteiger partial charge in [-0.05, 0) is 54.6 Å². The predicted molar refractivity (Wildman–Crippen MR) is 143 cm³/mol. The van der Waals surface area contributed by atoms with Crippen molar-refractivity contribution in [3.8, 4) is 23.4 Å². The van der Waals surface area contributed by atoms with Crippen LogP contribution in [0.2, 0.25) is 10.0 Å². The van der Waals surface area contributed by atoms with Crippen molar-refractivity contribution >= 4 is 50.6 Å².